The van der Waals surface area contributed by atoms with E-state index >= 15 is 0 Å². The lowest BCUT2D eigenvalue weighted by Gasteiger charge is -2.25. The highest BCUT2D eigenvalue weighted by Gasteiger charge is 2.27. The number of hydrogen-bond acceptors (Lipinski definition) is 3. The van der Waals surface area contributed by atoms with Crippen LogP contribution in [0.1, 0.15) is 40.0 Å². The lowest BCUT2D eigenvalue weighted by atomic mass is 9.98. The number of nitrogens with two attached hydrogens (primary N) is 1. The smallest absolute Gasteiger partial charge is 0.305 e. The summed E-state index contributed by atoms with van der Waals surface area (Å²) in [6, 6.07) is -0.343. The summed E-state index contributed by atoms with van der Waals surface area (Å²) in [7, 11) is 0. The fraction of sp³-hybridized carbons (Fsp3) is 0.800. The summed E-state index contributed by atoms with van der Waals surface area (Å²) in [4.78, 5) is 22.1. The number of carbonyl (C=O) groups is 2. The molecule has 0 spiro atoms. The van der Waals surface area contributed by atoms with Crippen LogP contribution in [0, 0.1) is 0 Å². The fourth-order valence-electron chi connectivity index (χ4n) is 1.02. The molecule has 0 saturated carbocycles. The molecule has 0 heterocycles. The average molecular weight is 216 g/mol. The average Bonchev–Trinajstić information content (AvgIpc) is 2.15. The summed E-state index contributed by atoms with van der Waals surface area (Å²) >= 11 is 0. The van der Waals surface area contributed by atoms with Gasteiger partial charge in [-0.1, -0.05) is 13.8 Å². The summed E-state index contributed by atoms with van der Waals surface area (Å²) in [5.74, 6) is -1.21. The van der Waals surface area contributed by atoms with E-state index in [0.717, 1.165) is 0 Å². The first-order valence-electron chi connectivity index (χ1n) is 5.15. The van der Waals surface area contributed by atoms with Crippen LogP contribution in [0.25, 0.3) is 0 Å². The summed E-state index contributed by atoms with van der Waals surface area (Å²) in [6.07, 6.45) is 1.03. The molecule has 5 heteroatoms. The Hall–Kier alpha value is -1.10. The molecule has 15 heavy (non-hydrogen) atoms. The zero-order valence-corrected chi connectivity index (χ0v) is 9.54. The molecule has 0 aromatic heterocycles. The normalized spacial score (nSPS) is 16.5. The number of carbonyl (C=O) groups excluding carboxylic acids is 1. The Morgan fingerprint density at radius 1 is 1.47 bits per heavy atom. The van der Waals surface area contributed by atoms with Gasteiger partial charge < -0.3 is 16.2 Å². The molecule has 2 unspecified atom stereocenters. The molecule has 1 amide bonds. The first kappa shape index (κ1) is 13.9. The molecule has 0 rings (SSSR count). The van der Waals surface area contributed by atoms with E-state index in [1.807, 2.05) is 13.8 Å². The van der Waals surface area contributed by atoms with Gasteiger partial charge in [0.25, 0.3) is 0 Å². The van der Waals surface area contributed by atoms with Crippen molar-refractivity contribution in [3.63, 3.8) is 0 Å². The van der Waals surface area contributed by atoms with Crippen molar-refractivity contribution in [1.82, 2.24) is 5.32 Å². The second-order valence-electron chi connectivity index (χ2n) is 3.95. The topological polar surface area (TPSA) is 92.4 Å². The van der Waals surface area contributed by atoms with Crippen molar-refractivity contribution in [2.24, 2.45) is 5.73 Å². The van der Waals surface area contributed by atoms with Crippen molar-refractivity contribution in [3.8, 4) is 0 Å². The van der Waals surface area contributed by atoms with Gasteiger partial charge in [0.1, 0.15) is 0 Å². The molecule has 88 valence electrons. The van der Waals surface area contributed by atoms with Crippen LogP contribution in [-0.2, 0) is 9.59 Å². The minimum Gasteiger partial charge on any atom is -0.481 e. The maximum absolute atomic E-state index is 11.6. The monoisotopic (exact) mass is 216 g/mol. The van der Waals surface area contributed by atoms with Gasteiger partial charge in [-0.2, -0.15) is 0 Å². The molecule has 0 bridgehead atoms. The third-order valence-electron chi connectivity index (χ3n) is 2.50. The van der Waals surface area contributed by atoms with E-state index in [9.17, 15) is 9.59 Å². The molecule has 0 aliphatic rings. The third kappa shape index (κ3) is 4.78. The van der Waals surface area contributed by atoms with Gasteiger partial charge in [-0.15, -0.1) is 0 Å². The first-order chi connectivity index (χ1) is 6.83. The fourth-order valence-corrected chi connectivity index (χ4v) is 1.02. The zero-order valence-electron chi connectivity index (χ0n) is 9.54. The van der Waals surface area contributed by atoms with Crippen molar-refractivity contribution >= 4 is 11.9 Å². The van der Waals surface area contributed by atoms with Crippen LogP contribution >= 0.6 is 0 Å². The Morgan fingerprint density at radius 2 is 2.00 bits per heavy atom. The van der Waals surface area contributed by atoms with Crippen LogP contribution < -0.4 is 11.1 Å². The van der Waals surface area contributed by atoms with E-state index in [2.05, 4.69) is 5.32 Å². The van der Waals surface area contributed by atoms with Crippen molar-refractivity contribution in [2.75, 3.05) is 0 Å². The predicted molar refractivity (Wildman–Crippen MR) is 57.4 cm³/mol. The van der Waals surface area contributed by atoms with Crippen molar-refractivity contribution < 1.29 is 14.7 Å². The van der Waals surface area contributed by atoms with Crippen LogP contribution in [-0.4, -0.2) is 28.6 Å². The number of carboxylic acids is 1. The Kier molecular flexibility index (Phi) is 5.28. The number of nitrogens with one attached hydrogen (secondary N) is 1. The van der Waals surface area contributed by atoms with E-state index in [1.165, 1.54) is 0 Å². The zero-order chi connectivity index (χ0) is 12.1. The molecular formula is C10H20N2O3. The Labute approximate surface area is 90.0 Å². The van der Waals surface area contributed by atoms with Gasteiger partial charge in [-0.25, -0.2) is 0 Å². The van der Waals surface area contributed by atoms with Crippen molar-refractivity contribution in [3.05, 3.63) is 0 Å². The number of amides is 1. The minimum absolute atomic E-state index is 0.0674. The molecular weight excluding hydrogens is 196 g/mol. The van der Waals surface area contributed by atoms with E-state index in [1.54, 1.807) is 6.92 Å². The lowest BCUT2D eigenvalue weighted by molar-refractivity contribution is -0.138. The van der Waals surface area contributed by atoms with E-state index in [-0.39, 0.29) is 18.4 Å². The van der Waals surface area contributed by atoms with Gasteiger partial charge in [0.2, 0.25) is 5.91 Å². The number of rotatable bonds is 6. The number of aliphatic carboxylic acids is 1. The van der Waals surface area contributed by atoms with Crippen molar-refractivity contribution in [1.29, 1.82) is 0 Å². The summed E-state index contributed by atoms with van der Waals surface area (Å²) in [5, 5.41) is 11.2. The molecule has 0 aliphatic carbocycles. The van der Waals surface area contributed by atoms with Crippen molar-refractivity contribution in [2.45, 2.75) is 51.6 Å². The van der Waals surface area contributed by atoms with E-state index in [0.29, 0.717) is 12.8 Å². The molecule has 0 aromatic rings. The van der Waals surface area contributed by atoms with E-state index in [4.69, 9.17) is 10.8 Å². The highest BCUT2D eigenvalue weighted by atomic mass is 16.4. The number of hydrogen-bond donors (Lipinski definition) is 3. The van der Waals surface area contributed by atoms with Gasteiger partial charge in [-0.05, 0) is 19.8 Å². The Balaban J connectivity index is 4.30. The second-order valence-corrected chi connectivity index (χ2v) is 3.95. The predicted octanol–water partition coefficient (Wildman–Crippen LogP) is 0.483. The van der Waals surface area contributed by atoms with Gasteiger partial charge in [-0.3, -0.25) is 9.59 Å². The second kappa shape index (κ2) is 5.70. The third-order valence-corrected chi connectivity index (χ3v) is 2.50. The Bertz CT molecular complexity index is 239. The first-order valence-corrected chi connectivity index (χ1v) is 5.15. The quantitative estimate of drug-likeness (QED) is 0.602. The van der Waals surface area contributed by atoms with Crippen LogP contribution in [0.3, 0.4) is 0 Å². The molecule has 0 aromatic carbocycles. The van der Waals surface area contributed by atoms with Gasteiger partial charge in [0.05, 0.1) is 12.0 Å². The standard InChI is InChI=1S/C10H20N2O3/c1-4-7(6-8(13)14)12-9(15)10(3,11)5-2/h7H,4-6,11H2,1-3H3,(H,12,15)(H,13,14). The molecule has 4 N–H and O–H groups in total. The van der Waals surface area contributed by atoms with E-state index < -0.39 is 11.5 Å². The summed E-state index contributed by atoms with van der Waals surface area (Å²) in [6.45, 7) is 5.28. The molecule has 0 fully saturated rings. The number of carboxylic acid groups (broad SMARTS) is 1. The molecule has 2 atom stereocenters. The van der Waals surface area contributed by atoms with Gasteiger partial charge in [0.15, 0.2) is 0 Å². The van der Waals surface area contributed by atoms with Crippen LogP contribution in [0.2, 0.25) is 0 Å². The molecule has 0 radical (unpaired) electrons. The summed E-state index contributed by atoms with van der Waals surface area (Å²) in [5.41, 5.74) is 4.81. The minimum atomic E-state index is -0.925. The van der Waals surface area contributed by atoms with Gasteiger partial charge >= 0.3 is 5.97 Å². The molecule has 5 nitrogen and oxygen atoms in total. The maximum atomic E-state index is 11.6. The van der Waals surface area contributed by atoms with Gasteiger partial charge in [0, 0.05) is 6.04 Å². The van der Waals surface area contributed by atoms with Crippen LogP contribution in [0.15, 0.2) is 0 Å². The Morgan fingerprint density at radius 3 is 2.33 bits per heavy atom. The largest absolute Gasteiger partial charge is 0.481 e. The molecule has 0 saturated heterocycles. The maximum Gasteiger partial charge on any atom is 0.305 e. The lowest BCUT2D eigenvalue weighted by Crippen LogP contribution is -2.54. The van der Waals surface area contributed by atoms with Crippen LogP contribution in [0.4, 0.5) is 0 Å². The summed E-state index contributed by atoms with van der Waals surface area (Å²) < 4.78 is 0. The SMILES string of the molecule is CCC(CC(=O)O)NC(=O)C(C)(N)CC. The molecule has 0 aliphatic heterocycles. The highest BCUT2D eigenvalue weighted by Crippen LogP contribution is 2.07. The highest BCUT2D eigenvalue weighted by molar-refractivity contribution is 5.86. The van der Waals surface area contributed by atoms with Crippen LogP contribution in [0.5, 0.6) is 0 Å².